The lowest BCUT2D eigenvalue weighted by Gasteiger charge is -2.20. The highest BCUT2D eigenvalue weighted by Crippen LogP contribution is 2.27. The van der Waals surface area contributed by atoms with Crippen LogP contribution in [0.3, 0.4) is 0 Å². The van der Waals surface area contributed by atoms with Gasteiger partial charge in [-0.15, -0.1) is 0 Å². The quantitative estimate of drug-likeness (QED) is 0.331. The summed E-state index contributed by atoms with van der Waals surface area (Å²) in [7, 11) is 1.61. The first kappa shape index (κ1) is 22.4. The lowest BCUT2D eigenvalue weighted by Crippen LogP contribution is -2.16. The van der Waals surface area contributed by atoms with Crippen LogP contribution < -0.4 is 10.1 Å². The van der Waals surface area contributed by atoms with Gasteiger partial charge < -0.3 is 14.8 Å². The van der Waals surface area contributed by atoms with Crippen LogP contribution in [0.5, 0.6) is 5.75 Å². The molecule has 0 aliphatic rings. The standard InChI is InChI=1S/C25H24ClNO4/c1-3-31-25(29)19-6-12-21(13-7-19)27-23(17-8-14-22(30-2)15-9-17)16-24(28)18-4-10-20(26)11-5-18/h4-15,23,27H,3,16H2,1-2H3. The number of ketones is 1. The largest absolute Gasteiger partial charge is 0.497 e. The third kappa shape index (κ3) is 6.09. The Morgan fingerprint density at radius 3 is 2.10 bits per heavy atom. The summed E-state index contributed by atoms with van der Waals surface area (Å²) in [5.41, 5.74) is 2.81. The Morgan fingerprint density at radius 2 is 1.52 bits per heavy atom. The number of esters is 1. The first-order valence-electron chi connectivity index (χ1n) is 9.96. The molecule has 0 amide bonds. The average Bonchev–Trinajstić information content (AvgIpc) is 2.79. The Labute approximate surface area is 187 Å². The monoisotopic (exact) mass is 437 g/mol. The molecule has 6 heteroatoms. The molecule has 0 aromatic heterocycles. The fourth-order valence-electron chi connectivity index (χ4n) is 3.15. The lowest BCUT2D eigenvalue weighted by atomic mass is 9.97. The Morgan fingerprint density at radius 1 is 0.903 bits per heavy atom. The SMILES string of the molecule is CCOC(=O)c1ccc(NC(CC(=O)c2ccc(Cl)cc2)c2ccc(OC)cc2)cc1. The first-order valence-corrected chi connectivity index (χ1v) is 10.3. The van der Waals surface area contributed by atoms with Gasteiger partial charge in [-0.25, -0.2) is 4.79 Å². The Hall–Kier alpha value is -3.31. The Balaban J connectivity index is 1.82. The number of rotatable bonds is 9. The summed E-state index contributed by atoms with van der Waals surface area (Å²) in [6, 6.07) is 21.2. The average molecular weight is 438 g/mol. The molecule has 0 radical (unpaired) electrons. The zero-order chi connectivity index (χ0) is 22.2. The fourth-order valence-corrected chi connectivity index (χ4v) is 3.27. The van der Waals surface area contributed by atoms with Crippen molar-refractivity contribution in [3.63, 3.8) is 0 Å². The van der Waals surface area contributed by atoms with E-state index in [1.54, 1.807) is 62.6 Å². The summed E-state index contributed by atoms with van der Waals surface area (Å²) in [4.78, 5) is 24.8. The van der Waals surface area contributed by atoms with Crippen LogP contribution in [0, 0.1) is 0 Å². The topological polar surface area (TPSA) is 64.6 Å². The number of anilines is 1. The van der Waals surface area contributed by atoms with Crippen molar-refractivity contribution in [3.05, 3.63) is 94.5 Å². The van der Waals surface area contributed by atoms with Crippen LogP contribution in [0.1, 0.15) is 45.7 Å². The lowest BCUT2D eigenvalue weighted by molar-refractivity contribution is 0.0526. The fraction of sp³-hybridized carbons (Fsp3) is 0.200. The molecule has 0 saturated heterocycles. The zero-order valence-corrected chi connectivity index (χ0v) is 18.2. The molecule has 3 aromatic carbocycles. The summed E-state index contributed by atoms with van der Waals surface area (Å²) < 4.78 is 10.3. The van der Waals surface area contributed by atoms with Gasteiger partial charge in [0.1, 0.15) is 5.75 Å². The number of carbonyl (C=O) groups is 2. The van der Waals surface area contributed by atoms with E-state index >= 15 is 0 Å². The molecular weight excluding hydrogens is 414 g/mol. The van der Waals surface area contributed by atoms with Crippen LogP contribution in [-0.4, -0.2) is 25.5 Å². The number of carbonyl (C=O) groups excluding carboxylic acids is 2. The first-order chi connectivity index (χ1) is 15.0. The predicted octanol–water partition coefficient (Wildman–Crippen LogP) is 5.95. The highest BCUT2D eigenvalue weighted by molar-refractivity contribution is 6.30. The minimum absolute atomic E-state index is 0.00636. The van der Waals surface area contributed by atoms with Gasteiger partial charge in [0.15, 0.2) is 5.78 Å². The van der Waals surface area contributed by atoms with E-state index < -0.39 is 0 Å². The summed E-state index contributed by atoms with van der Waals surface area (Å²) in [6.45, 7) is 2.09. The van der Waals surface area contributed by atoms with Crippen LogP contribution in [-0.2, 0) is 4.74 Å². The van der Waals surface area contributed by atoms with Gasteiger partial charge in [0.05, 0.1) is 25.3 Å². The van der Waals surface area contributed by atoms with Crippen molar-refractivity contribution in [1.82, 2.24) is 0 Å². The maximum atomic E-state index is 12.9. The smallest absolute Gasteiger partial charge is 0.338 e. The molecule has 0 spiro atoms. The van der Waals surface area contributed by atoms with E-state index in [0.717, 1.165) is 17.0 Å². The second kappa shape index (κ2) is 10.6. The van der Waals surface area contributed by atoms with Gasteiger partial charge in [-0.2, -0.15) is 0 Å². The van der Waals surface area contributed by atoms with E-state index in [9.17, 15) is 9.59 Å². The van der Waals surface area contributed by atoms with Gasteiger partial charge >= 0.3 is 5.97 Å². The number of Topliss-reactive ketones (excluding diaryl/α,β-unsaturated/α-hetero) is 1. The molecule has 160 valence electrons. The molecule has 3 aromatic rings. The molecule has 0 aliphatic carbocycles. The molecule has 5 nitrogen and oxygen atoms in total. The number of hydrogen-bond donors (Lipinski definition) is 1. The van der Waals surface area contributed by atoms with Crippen molar-refractivity contribution in [2.45, 2.75) is 19.4 Å². The van der Waals surface area contributed by atoms with Crippen molar-refractivity contribution in [2.24, 2.45) is 0 Å². The predicted molar refractivity (Wildman–Crippen MR) is 122 cm³/mol. The number of benzene rings is 3. The summed E-state index contributed by atoms with van der Waals surface area (Å²) >= 11 is 5.94. The second-order valence-electron chi connectivity index (χ2n) is 6.90. The summed E-state index contributed by atoms with van der Waals surface area (Å²) in [5.74, 6) is 0.372. The maximum Gasteiger partial charge on any atom is 0.338 e. The van der Waals surface area contributed by atoms with Gasteiger partial charge in [-0.05, 0) is 73.2 Å². The summed E-state index contributed by atoms with van der Waals surface area (Å²) in [6.07, 6.45) is 0.244. The number of ether oxygens (including phenoxy) is 2. The molecule has 1 atom stereocenters. The molecule has 1 N–H and O–H groups in total. The van der Waals surface area contributed by atoms with E-state index in [2.05, 4.69) is 5.32 Å². The van der Waals surface area contributed by atoms with Crippen molar-refractivity contribution in [1.29, 1.82) is 0 Å². The van der Waals surface area contributed by atoms with Crippen molar-refractivity contribution in [3.8, 4) is 5.75 Å². The van der Waals surface area contributed by atoms with E-state index in [4.69, 9.17) is 21.1 Å². The highest BCUT2D eigenvalue weighted by atomic mass is 35.5. The second-order valence-corrected chi connectivity index (χ2v) is 7.34. The van der Waals surface area contributed by atoms with Crippen LogP contribution in [0.2, 0.25) is 5.02 Å². The van der Waals surface area contributed by atoms with Crippen molar-refractivity contribution < 1.29 is 19.1 Å². The molecule has 31 heavy (non-hydrogen) atoms. The molecular formula is C25H24ClNO4. The normalized spacial score (nSPS) is 11.5. The van der Waals surface area contributed by atoms with Crippen molar-refractivity contribution >= 4 is 29.0 Å². The van der Waals surface area contributed by atoms with E-state index in [0.29, 0.717) is 22.8 Å². The van der Waals surface area contributed by atoms with Gasteiger partial charge in [0, 0.05) is 22.7 Å². The van der Waals surface area contributed by atoms with E-state index in [1.165, 1.54) is 0 Å². The van der Waals surface area contributed by atoms with Crippen LogP contribution in [0.15, 0.2) is 72.8 Å². The number of methoxy groups -OCH3 is 1. The van der Waals surface area contributed by atoms with Crippen LogP contribution in [0.4, 0.5) is 5.69 Å². The molecule has 0 bridgehead atoms. The van der Waals surface area contributed by atoms with Gasteiger partial charge in [-0.1, -0.05) is 23.7 Å². The van der Waals surface area contributed by atoms with Crippen LogP contribution >= 0.6 is 11.6 Å². The number of nitrogens with one attached hydrogen (secondary N) is 1. The minimum atomic E-state index is -0.362. The molecule has 1 unspecified atom stereocenters. The molecule has 0 aliphatic heterocycles. The minimum Gasteiger partial charge on any atom is -0.497 e. The third-order valence-electron chi connectivity index (χ3n) is 4.81. The molecule has 3 rings (SSSR count). The third-order valence-corrected chi connectivity index (χ3v) is 5.06. The number of halogens is 1. The van der Waals surface area contributed by atoms with Crippen LogP contribution in [0.25, 0.3) is 0 Å². The Kier molecular flexibility index (Phi) is 7.68. The Bertz CT molecular complexity index is 1010. The van der Waals surface area contributed by atoms with E-state index in [1.807, 2.05) is 24.3 Å². The number of hydrogen-bond acceptors (Lipinski definition) is 5. The summed E-state index contributed by atoms with van der Waals surface area (Å²) in [5, 5.41) is 3.99. The maximum absolute atomic E-state index is 12.9. The highest BCUT2D eigenvalue weighted by Gasteiger charge is 2.18. The van der Waals surface area contributed by atoms with Crippen molar-refractivity contribution in [2.75, 3.05) is 19.0 Å². The zero-order valence-electron chi connectivity index (χ0n) is 17.4. The van der Waals surface area contributed by atoms with Gasteiger partial charge in [0.25, 0.3) is 0 Å². The van der Waals surface area contributed by atoms with Gasteiger partial charge in [-0.3, -0.25) is 4.79 Å². The van der Waals surface area contributed by atoms with Gasteiger partial charge in [0.2, 0.25) is 0 Å². The van der Waals surface area contributed by atoms with E-state index in [-0.39, 0.29) is 24.2 Å². The molecule has 0 fully saturated rings. The molecule has 0 saturated carbocycles. The molecule has 0 heterocycles.